The number of nitrogens with zero attached hydrogens (tertiary/aromatic N) is 4. The zero-order valence-corrected chi connectivity index (χ0v) is 19.6. The molecule has 0 saturated carbocycles. The Morgan fingerprint density at radius 3 is 2.36 bits per heavy atom. The number of pyridine rings is 1. The van der Waals surface area contributed by atoms with Crippen LogP contribution in [0.3, 0.4) is 0 Å². The Hall–Kier alpha value is -4.78. The minimum absolute atomic E-state index is 0.517. The number of carbonyl (C=O) groups is 1. The Balaban J connectivity index is 1.27. The van der Waals surface area contributed by atoms with Gasteiger partial charge in [-0.3, -0.25) is 4.98 Å². The summed E-state index contributed by atoms with van der Waals surface area (Å²) in [6.07, 6.45) is 6.12. The van der Waals surface area contributed by atoms with Gasteiger partial charge in [0, 0.05) is 23.5 Å². The summed E-state index contributed by atoms with van der Waals surface area (Å²) in [7, 11) is 0. The minimum Gasteiger partial charge on any atom is -0.410 e. The number of ether oxygens (including phenoxy) is 1. The standard InChI is InChI=1S/C29H25N5O2/c30-29(35)36-28-24(8-4-10-26(28)23-6-2-1-3-7-23)16-15-21-11-13-22(14-12-21)19-34-20-27(32-33-34)25-9-5-17-31-18-25/h1-14,17-18,20H,15-16,19H2,(H2,30,35). The summed E-state index contributed by atoms with van der Waals surface area (Å²) in [5.41, 5.74) is 12.2. The number of hydrogen-bond acceptors (Lipinski definition) is 5. The van der Waals surface area contributed by atoms with Crippen molar-refractivity contribution in [2.45, 2.75) is 19.4 Å². The summed E-state index contributed by atoms with van der Waals surface area (Å²) in [6, 6.07) is 28.0. The lowest BCUT2D eigenvalue weighted by Crippen LogP contribution is -2.18. The first-order valence-electron chi connectivity index (χ1n) is 11.7. The molecule has 0 saturated heterocycles. The van der Waals surface area contributed by atoms with Crippen LogP contribution in [0.4, 0.5) is 4.79 Å². The van der Waals surface area contributed by atoms with Crippen LogP contribution in [0.25, 0.3) is 22.4 Å². The van der Waals surface area contributed by atoms with Crippen LogP contribution in [0.1, 0.15) is 16.7 Å². The number of aromatic nitrogens is 4. The van der Waals surface area contributed by atoms with Gasteiger partial charge in [0.15, 0.2) is 0 Å². The van der Waals surface area contributed by atoms with Crippen LogP contribution in [-0.4, -0.2) is 26.1 Å². The largest absolute Gasteiger partial charge is 0.410 e. The first-order chi connectivity index (χ1) is 17.7. The van der Waals surface area contributed by atoms with Crippen LogP contribution in [0.2, 0.25) is 0 Å². The molecular formula is C29H25N5O2. The fourth-order valence-corrected chi connectivity index (χ4v) is 4.15. The van der Waals surface area contributed by atoms with Gasteiger partial charge in [0.05, 0.1) is 12.7 Å². The molecule has 7 heteroatoms. The third-order valence-corrected chi connectivity index (χ3v) is 5.93. The fraction of sp³-hybridized carbons (Fsp3) is 0.103. The Bertz CT molecular complexity index is 1450. The van der Waals surface area contributed by atoms with Crippen molar-refractivity contribution < 1.29 is 9.53 Å². The molecule has 1 amide bonds. The molecule has 0 spiro atoms. The number of rotatable bonds is 8. The molecule has 0 fully saturated rings. The molecule has 3 aromatic carbocycles. The van der Waals surface area contributed by atoms with Gasteiger partial charge < -0.3 is 10.5 Å². The van der Waals surface area contributed by atoms with Gasteiger partial charge in [-0.15, -0.1) is 5.10 Å². The highest BCUT2D eigenvalue weighted by molar-refractivity contribution is 5.77. The van der Waals surface area contributed by atoms with Gasteiger partial charge in [-0.25, -0.2) is 9.48 Å². The maximum absolute atomic E-state index is 11.6. The highest BCUT2D eigenvalue weighted by Crippen LogP contribution is 2.34. The van der Waals surface area contributed by atoms with Gasteiger partial charge in [-0.2, -0.15) is 0 Å². The van der Waals surface area contributed by atoms with E-state index in [4.69, 9.17) is 10.5 Å². The van der Waals surface area contributed by atoms with Crippen molar-refractivity contribution in [1.29, 1.82) is 0 Å². The molecule has 0 unspecified atom stereocenters. The minimum atomic E-state index is -0.816. The second-order valence-electron chi connectivity index (χ2n) is 8.44. The van der Waals surface area contributed by atoms with Gasteiger partial charge in [-0.1, -0.05) is 78.0 Å². The topological polar surface area (TPSA) is 95.9 Å². The Morgan fingerprint density at radius 1 is 0.833 bits per heavy atom. The van der Waals surface area contributed by atoms with Crippen molar-refractivity contribution in [2.75, 3.05) is 0 Å². The fourth-order valence-electron chi connectivity index (χ4n) is 4.15. The zero-order chi connectivity index (χ0) is 24.7. The maximum Gasteiger partial charge on any atom is 0.409 e. The lowest BCUT2D eigenvalue weighted by molar-refractivity contribution is 0.210. The molecule has 0 atom stereocenters. The van der Waals surface area contributed by atoms with Gasteiger partial charge in [0.1, 0.15) is 11.4 Å². The van der Waals surface area contributed by atoms with Gasteiger partial charge in [-0.05, 0) is 47.2 Å². The number of primary amides is 1. The van der Waals surface area contributed by atoms with E-state index in [1.807, 2.05) is 71.5 Å². The molecule has 2 heterocycles. The SMILES string of the molecule is NC(=O)Oc1c(CCc2ccc(Cn3cc(-c4cccnc4)nn3)cc2)cccc1-c1ccccc1. The number of benzene rings is 3. The first kappa shape index (κ1) is 23.0. The average molecular weight is 476 g/mol. The van der Waals surface area contributed by atoms with Crippen molar-refractivity contribution in [3.8, 4) is 28.1 Å². The molecule has 2 N–H and O–H groups in total. The summed E-state index contributed by atoms with van der Waals surface area (Å²) in [6.45, 7) is 0.628. The smallest absolute Gasteiger partial charge is 0.409 e. The number of para-hydroxylation sites is 1. The van der Waals surface area contributed by atoms with Crippen LogP contribution in [0.5, 0.6) is 5.75 Å². The molecule has 2 aromatic heterocycles. The van der Waals surface area contributed by atoms with Crippen LogP contribution in [0.15, 0.2) is 104 Å². The molecule has 0 aliphatic rings. The summed E-state index contributed by atoms with van der Waals surface area (Å²) in [4.78, 5) is 15.8. The third kappa shape index (κ3) is 5.47. The molecule has 5 aromatic rings. The van der Waals surface area contributed by atoms with Crippen molar-refractivity contribution in [2.24, 2.45) is 5.73 Å². The van der Waals surface area contributed by atoms with Gasteiger partial charge in [0.25, 0.3) is 0 Å². The average Bonchev–Trinajstić information content (AvgIpc) is 3.38. The maximum atomic E-state index is 11.6. The monoisotopic (exact) mass is 475 g/mol. The van der Waals surface area contributed by atoms with E-state index >= 15 is 0 Å². The summed E-state index contributed by atoms with van der Waals surface area (Å²) in [5.74, 6) is 0.517. The molecule has 0 bridgehead atoms. The van der Waals surface area contributed by atoms with Crippen molar-refractivity contribution in [3.63, 3.8) is 0 Å². The van der Waals surface area contributed by atoms with E-state index in [0.717, 1.165) is 39.9 Å². The molecule has 36 heavy (non-hydrogen) atoms. The number of carbonyl (C=O) groups excluding carboxylic acids is 1. The Morgan fingerprint density at radius 2 is 1.61 bits per heavy atom. The number of amides is 1. The van der Waals surface area contributed by atoms with Crippen LogP contribution in [0, 0.1) is 0 Å². The van der Waals surface area contributed by atoms with Crippen molar-refractivity contribution >= 4 is 6.09 Å². The first-order valence-corrected chi connectivity index (χ1v) is 11.7. The van der Waals surface area contributed by atoms with E-state index in [1.54, 1.807) is 12.4 Å². The summed E-state index contributed by atoms with van der Waals surface area (Å²) < 4.78 is 7.28. The zero-order valence-electron chi connectivity index (χ0n) is 19.6. The van der Waals surface area contributed by atoms with Crippen molar-refractivity contribution in [1.82, 2.24) is 20.0 Å². The highest BCUT2D eigenvalue weighted by atomic mass is 16.5. The van der Waals surface area contributed by atoms with E-state index in [0.29, 0.717) is 18.7 Å². The normalized spacial score (nSPS) is 10.8. The van der Waals surface area contributed by atoms with Crippen LogP contribution < -0.4 is 10.5 Å². The van der Waals surface area contributed by atoms with Gasteiger partial charge >= 0.3 is 6.09 Å². The Kier molecular flexibility index (Phi) is 6.80. The number of hydrogen-bond donors (Lipinski definition) is 1. The van der Waals surface area contributed by atoms with E-state index < -0.39 is 6.09 Å². The van der Waals surface area contributed by atoms with Crippen LogP contribution >= 0.6 is 0 Å². The quantitative estimate of drug-likeness (QED) is 0.329. The molecule has 178 valence electrons. The number of nitrogens with two attached hydrogens (primary N) is 1. The van der Waals surface area contributed by atoms with E-state index in [2.05, 4.69) is 39.6 Å². The predicted octanol–water partition coefficient (Wildman–Crippen LogP) is 5.30. The predicted molar refractivity (Wildman–Crippen MR) is 138 cm³/mol. The van der Waals surface area contributed by atoms with E-state index in [-0.39, 0.29) is 0 Å². The molecule has 0 aliphatic heterocycles. The summed E-state index contributed by atoms with van der Waals surface area (Å²) >= 11 is 0. The molecule has 0 radical (unpaired) electrons. The van der Waals surface area contributed by atoms with E-state index in [9.17, 15) is 4.79 Å². The molecule has 5 rings (SSSR count). The lowest BCUT2D eigenvalue weighted by Gasteiger charge is -2.14. The molecule has 0 aliphatic carbocycles. The van der Waals surface area contributed by atoms with E-state index in [1.165, 1.54) is 5.56 Å². The lowest BCUT2D eigenvalue weighted by atomic mass is 9.97. The summed E-state index contributed by atoms with van der Waals surface area (Å²) in [5, 5.41) is 8.49. The molecular weight excluding hydrogens is 450 g/mol. The molecule has 7 nitrogen and oxygen atoms in total. The number of aryl methyl sites for hydroxylation is 2. The highest BCUT2D eigenvalue weighted by Gasteiger charge is 2.14. The Labute approximate surface area is 209 Å². The van der Waals surface area contributed by atoms with Crippen LogP contribution in [-0.2, 0) is 19.4 Å². The second-order valence-corrected chi connectivity index (χ2v) is 8.44. The third-order valence-electron chi connectivity index (χ3n) is 5.93. The second kappa shape index (κ2) is 10.7. The van der Waals surface area contributed by atoms with Gasteiger partial charge in [0.2, 0.25) is 0 Å². The van der Waals surface area contributed by atoms with Crippen molar-refractivity contribution in [3.05, 3.63) is 120 Å².